The average molecular weight is 481 g/mol. The Morgan fingerprint density at radius 1 is 1.27 bits per heavy atom. The van der Waals surface area contributed by atoms with Crippen molar-refractivity contribution < 1.29 is 24.2 Å². The van der Waals surface area contributed by atoms with Crippen LogP contribution in [0.2, 0.25) is 0 Å². The molecule has 0 aromatic rings. The lowest BCUT2D eigenvalue weighted by molar-refractivity contribution is -0.155. The van der Waals surface area contributed by atoms with Crippen molar-refractivity contribution in [2.24, 2.45) is 11.8 Å². The van der Waals surface area contributed by atoms with Crippen LogP contribution in [0.3, 0.4) is 0 Å². The molecule has 3 rings (SSSR count). The molecule has 1 spiro atoms. The van der Waals surface area contributed by atoms with Gasteiger partial charge in [-0.1, -0.05) is 25.8 Å². The Hall–Kier alpha value is -1.54. The molecule has 3 heterocycles. The molecule has 1 N–H and O–H groups in total. The first-order valence-electron chi connectivity index (χ1n) is 12.5. The highest BCUT2D eigenvalue weighted by molar-refractivity contribution is 8.02. The van der Waals surface area contributed by atoms with E-state index in [1.807, 2.05) is 4.90 Å². The molecule has 3 fully saturated rings. The van der Waals surface area contributed by atoms with E-state index in [4.69, 9.17) is 4.74 Å². The van der Waals surface area contributed by atoms with Crippen molar-refractivity contribution in [1.82, 2.24) is 9.80 Å². The maximum Gasteiger partial charge on any atom is 0.311 e. The molecule has 2 bridgehead atoms. The van der Waals surface area contributed by atoms with Gasteiger partial charge in [-0.05, 0) is 46.0 Å². The van der Waals surface area contributed by atoms with Crippen LogP contribution in [0.1, 0.15) is 65.7 Å². The number of hydrogen-bond donors (Lipinski definition) is 1. The number of likely N-dealkylation sites (tertiary alicyclic amines) is 1. The molecule has 2 amide bonds. The van der Waals surface area contributed by atoms with Gasteiger partial charge in [-0.15, -0.1) is 18.3 Å². The van der Waals surface area contributed by atoms with Crippen LogP contribution in [-0.2, 0) is 19.1 Å². The molecule has 8 heteroatoms. The predicted octanol–water partition coefficient (Wildman–Crippen LogP) is 3.01. The van der Waals surface area contributed by atoms with Gasteiger partial charge in [-0.3, -0.25) is 14.4 Å². The van der Waals surface area contributed by atoms with E-state index in [9.17, 15) is 19.5 Å². The Morgan fingerprint density at radius 2 is 2.03 bits per heavy atom. The summed E-state index contributed by atoms with van der Waals surface area (Å²) < 4.78 is 4.41. The predicted molar refractivity (Wildman–Crippen MR) is 130 cm³/mol. The highest BCUT2D eigenvalue weighted by atomic mass is 32.2. The van der Waals surface area contributed by atoms with Crippen molar-refractivity contribution in [3.05, 3.63) is 12.7 Å². The summed E-state index contributed by atoms with van der Waals surface area (Å²) in [6.07, 6.45) is 7.48. The summed E-state index contributed by atoms with van der Waals surface area (Å²) in [5.74, 6) is -1.53. The number of carbonyl (C=O) groups is 3. The third-order valence-electron chi connectivity index (χ3n) is 7.55. The first-order valence-corrected chi connectivity index (χ1v) is 13.3. The van der Waals surface area contributed by atoms with Gasteiger partial charge in [0.15, 0.2) is 0 Å². The third kappa shape index (κ3) is 4.57. The lowest BCUT2D eigenvalue weighted by Crippen LogP contribution is -2.55. The number of carbonyl (C=O) groups excluding carboxylic acids is 3. The van der Waals surface area contributed by atoms with Gasteiger partial charge >= 0.3 is 5.97 Å². The number of esters is 1. The summed E-state index contributed by atoms with van der Waals surface area (Å²) in [6.45, 7) is 11.6. The van der Waals surface area contributed by atoms with Gasteiger partial charge in [0.25, 0.3) is 0 Å². The molecule has 3 saturated heterocycles. The van der Waals surface area contributed by atoms with Crippen LogP contribution in [0.4, 0.5) is 0 Å². The van der Waals surface area contributed by atoms with Crippen LogP contribution >= 0.6 is 11.8 Å². The summed E-state index contributed by atoms with van der Waals surface area (Å²) in [7, 11) is 0. The minimum Gasteiger partial charge on any atom is -0.466 e. The van der Waals surface area contributed by atoms with Crippen LogP contribution in [0.25, 0.3) is 0 Å². The maximum atomic E-state index is 14.1. The van der Waals surface area contributed by atoms with Gasteiger partial charge in [0.1, 0.15) is 6.04 Å². The molecule has 3 aliphatic rings. The lowest BCUT2D eigenvalue weighted by atomic mass is 9.66. The summed E-state index contributed by atoms with van der Waals surface area (Å²) in [5, 5.41) is 9.28. The van der Waals surface area contributed by atoms with Crippen LogP contribution in [-0.4, -0.2) is 81.1 Å². The van der Waals surface area contributed by atoms with E-state index in [0.29, 0.717) is 32.5 Å². The molecule has 33 heavy (non-hydrogen) atoms. The first-order chi connectivity index (χ1) is 15.8. The normalized spacial score (nSPS) is 32.2. The highest BCUT2D eigenvalue weighted by Gasteiger charge is 2.77. The van der Waals surface area contributed by atoms with Crippen molar-refractivity contribution in [2.75, 3.05) is 32.8 Å². The van der Waals surface area contributed by atoms with Crippen molar-refractivity contribution in [3.8, 4) is 0 Å². The standard InChI is InChI=1S/C25H40N2O5S/c1-5-8-9-15-26(14-6-2)22(30)20-25-13-12-24(4,33-25)19(23(31)32-7-3)18(25)21(29)27(20)16-10-11-17-28/h6,18-20,28H,2,5,7-17H2,1,3-4H3/t18-,19-,20?,24+,25?/m0/s1. The largest absolute Gasteiger partial charge is 0.466 e. The van der Waals surface area contributed by atoms with E-state index in [2.05, 4.69) is 20.4 Å². The number of aliphatic hydroxyl groups is 1. The summed E-state index contributed by atoms with van der Waals surface area (Å²) >= 11 is 1.68. The molecule has 0 aliphatic carbocycles. The molecule has 2 unspecified atom stereocenters. The summed E-state index contributed by atoms with van der Waals surface area (Å²) in [5.41, 5.74) is 0. The molecule has 5 atom stereocenters. The van der Waals surface area contributed by atoms with Crippen LogP contribution in [0, 0.1) is 11.8 Å². The molecule has 0 aromatic heterocycles. The van der Waals surface area contributed by atoms with Crippen LogP contribution < -0.4 is 0 Å². The van der Waals surface area contributed by atoms with Gasteiger partial charge in [0.2, 0.25) is 11.8 Å². The van der Waals surface area contributed by atoms with Gasteiger partial charge < -0.3 is 19.6 Å². The Kier molecular flexibility index (Phi) is 8.54. The number of unbranched alkanes of at least 4 members (excludes halogenated alkanes) is 3. The van der Waals surface area contributed by atoms with Crippen LogP contribution in [0.5, 0.6) is 0 Å². The average Bonchev–Trinajstić information content (AvgIpc) is 3.34. The SMILES string of the molecule is C=CCN(CCCCC)C(=O)C1N(CCCCO)C(=O)[C@@H]2[C@@H](C(=O)OCC)[C@@]3(C)CCC12S3. The molecule has 0 aromatic carbocycles. The fraction of sp³-hybridized carbons (Fsp3) is 0.800. The first kappa shape index (κ1) is 26.1. The van der Waals surface area contributed by atoms with Gasteiger partial charge in [0.05, 0.1) is 23.2 Å². The number of thioether (sulfide) groups is 1. The minimum absolute atomic E-state index is 0.0351. The molecular formula is C25H40N2O5S. The van der Waals surface area contributed by atoms with Crippen molar-refractivity contribution in [2.45, 2.75) is 81.3 Å². The minimum atomic E-state index is -0.607. The molecule has 0 radical (unpaired) electrons. The van der Waals surface area contributed by atoms with E-state index in [0.717, 1.165) is 32.1 Å². The number of aliphatic hydroxyl groups excluding tert-OH is 1. The number of ether oxygens (including phenoxy) is 1. The number of rotatable bonds is 13. The molecule has 7 nitrogen and oxygen atoms in total. The van der Waals surface area contributed by atoms with Crippen LogP contribution in [0.15, 0.2) is 12.7 Å². The van der Waals surface area contributed by atoms with Gasteiger partial charge in [-0.25, -0.2) is 0 Å². The Bertz CT molecular complexity index is 761. The zero-order valence-corrected chi connectivity index (χ0v) is 21.2. The summed E-state index contributed by atoms with van der Waals surface area (Å²) in [4.78, 5) is 44.5. The summed E-state index contributed by atoms with van der Waals surface area (Å²) in [6, 6.07) is -0.596. The Balaban J connectivity index is 1.98. The van der Waals surface area contributed by atoms with Crippen molar-refractivity contribution >= 4 is 29.5 Å². The smallest absolute Gasteiger partial charge is 0.311 e. The number of nitrogens with zero attached hydrogens (tertiary/aromatic N) is 2. The van der Waals surface area contributed by atoms with Gasteiger partial charge in [0, 0.05) is 31.0 Å². The topological polar surface area (TPSA) is 87.2 Å². The Morgan fingerprint density at radius 3 is 2.67 bits per heavy atom. The van der Waals surface area contributed by atoms with Crippen molar-refractivity contribution in [3.63, 3.8) is 0 Å². The quantitative estimate of drug-likeness (QED) is 0.248. The highest BCUT2D eigenvalue weighted by Crippen LogP contribution is 2.71. The van der Waals surface area contributed by atoms with E-state index in [1.165, 1.54) is 0 Å². The fourth-order valence-corrected chi connectivity index (χ4v) is 8.44. The van der Waals surface area contributed by atoms with E-state index < -0.39 is 27.4 Å². The monoisotopic (exact) mass is 480 g/mol. The second kappa shape index (κ2) is 10.8. The van der Waals surface area contributed by atoms with E-state index in [-0.39, 0.29) is 31.0 Å². The fourth-order valence-electron chi connectivity index (χ4n) is 6.10. The second-order valence-corrected chi connectivity index (χ2v) is 11.6. The molecule has 186 valence electrons. The molecular weight excluding hydrogens is 440 g/mol. The number of fused-ring (bicyclic) bond motifs is 1. The lowest BCUT2D eigenvalue weighted by Gasteiger charge is -2.37. The number of amides is 2. The zero-order valence-electron chi connectivity index (χ0n) is 20.4. The number of hydrogen-bond acceptors (Lipinski definition) is 6. The third-order valence-corrected chi connectivity index (χ3v) is 9.54. The van der Waals surface area contributed by atoms with E-state index >= 15 is 0 Å². The zero-order chi connectivity index (χ0) is 24.2. The molecule has 0 saturated carbocycles. The van der Waals surface area contributed by atoms with E-state index in [1.54, 1.807) is 29.7 Å². The maximum absolute atomic E-state index is 14.1. The molecule has 3 aliphatic heterocycles. The second-order valence-electron chi connectivity index (χ2n) is 9.72. The van der Waals surface area contributed by atoms with Gasteiger partial charge in [-0.2, -0.15) is 0 Å². The van der Waals surface area contributed by atoms with Crippen molar-refractivity contribution in [1.29, 1.82) is 0 Å². The Labute approximate surface area is 202 Å².